The minimum atomic E-state index is -0.704. The molecule has 2 saturated heterocycles. The van der Waals surface area contributed by atoms with E-state index in [9.17, 15) is 14.7 Å². The van der Waals surface area contributed by atoms with Gasteiger partial charge in [-0.3, -0.25) is 14.5 Å². The lowest BCUT2D eigenvalue weighted by atomic mass is 9.83. The molecule has 2 aliphatic rings. The van der Waals surface area contributed by atoms with Crippen LogP contribution in [0.4, 0.5) is 0 Å². The number of nitrogens with zero attached hydrogens (tertiary/aromatic N) is 2. The summed E-state index contributed by atoms with van der Waals surface area (Å²) in [5.74, 6) is -0.531. The van der Waals surface area contributed by atoms with E-state index in [0.29, 0.717) is 25.9 Å². The summed E-state index contributed by atoms with van der Waals surface area (Å²) in [5.41, 5.74) is -0.648. The molecule has 21 heavy (non-hydrogen) atoms. The molecular formula is C16H28N2O3. The molecule has 1 N–H and O–H groups in total. The minimum Gasteiger partial charge on any atom is -0.481 e. The molecule has 2 aliphatic heterocycles. The Hall–Kier alpha value is -1.10. The number of aliphatic carboxylic acids is 1. The Bertz CT molecular complexity index is 393. The first-order valence-corrected chi connectivity index (χ1v) is 8.26. The van der Waals surface area contributed by atoms with Crippen molar-refractivity contribution >= 4 is 11.9 Å². The Morgan fingerprint density at radius 1 is 1.19 bits per heavy atom. The number of carboxylic acid groups (broad SMARTS) is 1. The zero-order valence-electron chi connectivity index (χ0n) is 13.3. The second-order valence-corrected chi connectivity index (χ2v) is 6.62. The molecule has 0 aromatic carbocycles. The fourth-order valence-electron chi connectivity index (χ4n) is 3.73. The highest BCUT2D eigenvalue weighted by molar-refractivity contribution is 5.82. The van der Waals surface area contributed by atoms with Crippen LogP contribution in [0.5, 0.6) is 0 Å². The lowest BCUT2D eigenvalue weighted by Gasteiger charge is -2.33. The molecule has 5 heteroatoms. The van der Waals surface area contributed by atoms with E-state index in [0.717, 1.165) is 32.4 Å². The number of piperidine rings is 1. The lowest BCUT2D eigenvalue weighted by molar-refractivity contribution is -0.149. The lowest BCUT2D eigenvalue weighted by Crippen LogP contribution is -2.49. The van der Waals surface area contributed by atoms with Crippen LogP contribution in [0.25, 0.3) is 0 Å². The topological polar surface area (TPSA) is 60.9 Å². The maximum absolute atomic E-state index is 12.6. The first-order valence-electron chi connectivity index (χ1n) is 8.26. The van der Waals surface area contributed by atoms with Crippen molar-refractivity contribution in [1.82, 2.24) is 9.80 Å². The summed E-state index contributed by atoms with van der Waals surface area (Å²) in [7, 11) is 0. The first-order chi connectivity index (χ1) is 10.00. The summed E-state index contributed by atoms with van der Waals surface area (Å²) in [4.78, 5) is 28.2. The molecule has 2 rings (SSSR count). The molecular weight excluding hydrogens is 268 g/mol. The Morgan fingerprint density at radius 2 is 1.86 bits per heavy atom. The molecule has 0 bridgehead atoms. The number of hydrogen-bond acceptors (Lipinski definition) is 3. The monoisotopic (exact) mass is 296 g/mol. The van der Waals surface area contributed by atoms with E-state index in [-0.39, 0.29) is 11.9 Å². The van der Waals surface area contributed by atoms with Gasteiger partial charge in [0.2, 0.25) is 5.91 Å². The van der Waals surface area contributed by atoms with Crippen LogP contribution < -0.4 is 0 Å². The van der Waals surface area contributed by atoms with Crippen LogP contribution in [-0.2, 0) is 9.59 Å². The van der Waals surface area contributed by atoms with Gasteiger partial charge in [-0.1, -0.05) is 13.3 Å². The molecule has 0 saturated carbocycles. The van der Waals surface area contributed by atoms with E-state index >= 15 is 0 Å². The third-order valence-electron chi connectivity index (χ3n) is 5.14. The van der Waals surface area contributed by atoms with Crippen LogP contribution in [0, 0.1) is 5.41 Å². The van der Waals surface area contributed by atoms with Gasteiger partial charge in [-0.25, -0.2) is 0 Å². The van der Waals surface area contributed by atoms with E-state index < -0.39 is 11.4 Å². The molecule has 0 aromatic heterocycles. The van der Waals surface area contributed by atoms with Gasteiger partial charge in [0.05, 0.1) is 11.5 Å². The fraction of sp³-hybridized carbons (Fsp3) is 0.875. The van der Waals surface area contributed by atoms with Crippen LogP contribution in [-0.4, -0.2) is 59.0 Å². The van der Waals surface area contributed by atoms with Crippen molar-refractivity contribution in [3.8, 4) is 0 Å². The zero-order valence-corrected chi connectivity index (χ0v) is 13.3. The number of carbonyl (C=O) groups excluding carboxylic acids is 1. The second kappa shape index (κ2) is 6.77. The maximum Gasteiger partial charge on any atom is 0.310 e. The minimum absolute atomic E-state index is 0.174. The van der Waals surface area contributed by atoms with Crippen molar-refractivity contribution in [2.75, 3.05) is 26.2 Å². The second-order valence-electron chi connectivity index (χ2n) is 6.62. The van der Waals surface area contributed by atoms with Gasteiger partial charge in [0.15, 0.2) is 0 Å². The Balaban J connectivity index is 1.99. The molecule has 0 aliphatic carbocycles. The molecule has 0 spiro atoms. The predicted octanol–water partition coefficient (Wildman–Crippen LogP) is 1.96. The van der Waals surface area contributed by atoms with Crippen molar-refractivity contribution in [3.05, 3.63) is 0 Å². The summed E-state index contributed by atoms with van der Waals surface area (Å²) in [5, 5.41) is 9.56. The van der Waals surface area contributed by atoms with Crippen LogP contribution in [0.2, 0.25) is 0 Å². The average Bonchev–Trinajstić information content (AvgIpc) is 2.93. The number of carboxylic acids is 1. The molecule has 5 nitrogen and oxygen atoms in total. The molecule has 2 atom stereocenters. The summed E-state index contributed by atoms with van der Waals surface area (Å²) in [6, 6.07) is -0.193. The highest BCUT2D eigenvalue weighted by Gasteiger charge is 2.46. The van der Waals surface area contributed by atoms with Crippen LogP contribution >= 0.6 is 0 Å². The van der Waals surface area contributed by atoms with Gasteiger partial charge in [0.25, 0.3) is 0 Å². The van der Waals surface area contributed by atoms with Crippen LogP contribution in [0.15, 0.2) is 0 Å². The molecule has 2 heterocycles. The average molecular weight is 296 g/mol. The van der Waals surface area contributed by atoms with Crippen molar-refractivity contribution in [2.45, 2.75) is 58.4 Å². The van der Waals surface area contributed by atoms with Crippen LogP contribution in [0.1, 0.15) is 52.4 Å². The van der Waals surface area contributed by atoms with Gasteiger partial charge < -0.3 is 10.0 Å². The largest absolute Gasteiger partial charge is 0.481 e. The first kappa shape index (κ1) is 16.3. The Labute approximate surface area is 127 Å². The van der Waals surface area contributed by atoms with Gasteiger partial charge in [-0.2, -0.15) is 0 Å². The van der Waals surface area contributed by atoms with Crippen LogP contribution in [0.3, 0.4) is 0 Å². The van der Waals surface area contributed by atoms with Gasteiger partial charge in [0, 0.05) is 26.2 Å². The summed E-state index contributed by atoms with van der Waals surface area (Å²) in [6.45, 7) is 6.90. The van der Waals surface area contributed by atoms with E-state index in [1.165, 1.54) is 6.42 Å². The molecule has 2 unspecified atom stereocenters. The quantitative estimate of drug-likeness (QED) is 0.842. The van der Waals surface area contributed by atoms with E-state index in [2.05, 4.69) is 4.90 Å². The van der Waals surface area contributed by atoms with Gasteiger partial charge in [0.1, 0.15) is 0 Å². The normalized spacial score (nSPS) is 28.6. The van der Waals surface area contributed by atoms with Gasteiger partial charge >= 0.3 is 5.97 Å². The van der Waals surface area contributed by atoms with Gasteiger partial charge in [-0.05, 0) is 39.0 Å². The van der Waals surface area contributed by atoms with Crippen molar-refractivity contribution < 1.29 is 14.7 Å². The Morgan fingerprint density at radius 3 is 2.43 bits per heavy atom. The number of carbonyl (C=O) groups is 2. The molecule has 0 aromatic rings. The number of likely N-dealkylation sites (tertiary alicyclic amines) is 2. The Kier molecular flexibility index (Phi) is 5.25. The molecule has 1 amide bonds. The zero-order chi connectivity index (χ0) is 15.5. The van der Waals surface area contributed by atoms with E-state index in [4.69, 9.17) is 0 Å². The third kappa shape index (κ3) is 3.39. The standard InChI is InChI=1S/C16H28N2O3/c1-3-7-16(15(20)21)8-11-18(12-16)13(2)14(19)17-9-5-4-6-10-17/h13H,3-12H2,1-2H3,(H,20,21). The molecule has 120 valence electrons. The highest BCUT2D eigenvalue weighted by Crippen LogP contribution is 2.36. The van der Waals surface area contributed by atoms with Gasteiger partial charge in [-0.15, -0.1) is 0 Å². The summed E-state index contributed by atoms with van der Waals surface area (Å²) >= 11 is 0. The van der Waals surface area contributed by atoms with E-state index in [1.54, 1.807) is 0 Å². The summed E-state index contributed by atoms with van der Waals surface area (Å²) in [6.07, 6.45) is 5.62. The number of hydrogen-bond donors (Lipinski definition) is 1. The third-order valence-corrected chi connectivity index (χ3v) is 5.14. The van der Waals surface area contributed by atoms with Crippen molar-refractivity contribution in [2.24, 2.45) is 5.41 Å². The molecule has 2 fully saturated rings. The molecule has 0 radical (unpaired) electrons. The van der Waals surface area contributed by atoms with E-state index in [1.807, 2.05) is 18.7 Å². The van der Waals surface area contributed by atoms with Crippen molar-refractivity contribution in [1.29, 1.82) is 0 Å². The number of rotatable bonds is 5. The highest BCUT2D eigenvalue weighted by atomic mass is 16.4. The predicted molar refractivity (Wildman–Crippen MR) is 81.1 cm³/mol. The summed E-state index contributed by atoms with van der Waals surface area (Å²) < 4.78 is 0. The maximum atomic E-state index is 12.6. The van der Waals surface area contributed by atoms with Crippen molar-refractivity contribution in [3.63, 3.8) is 0 Å². The fourth-order valence-corrected chi connectivity index (χ4v) is 3.73. The smallest absolute Gasteiger partial charge is 0.310 e. The number of amides is 1. The SMILES string of the molecule is CCCC1(C(=O)O)CCN(C(C)C(=O)N2CCCCC2)C1.